The topological polar surface area (TPSA) is 96.6 Å². The van der Waals surface area contributed by atoms with Gasteiger partial charge in [0.25, 0.3) is 0 Å². The molecular formula is C17H36N4O2. The number of nitrogens with one attached hydrogen (secondary N) is 2. The van der Waals surface area contributed by atoms with Gasteiger partial charge in [-0.2, -0.15) is 0 Å². The maximum absolute atomic E-state index is 11.6. The first kappa shape index (κ1) is 24.0. The van der Waals surface area contributed by atoms with Gasteiger partial charge in [0.05, 0.1) is 12.6 Å². The van der Waals surface area contributed by atoms with Crippen molar-refractivity contribution in [2.75, 3.05) is 26.7 Å². The van der Waals surface area contributed by atoms with E-state index in [0.29, 0.717) is 25.8 Å². The number of carbonyl (C=O) groups is 2. The molecule has 0 saturated heterocycles. The van der Waals surface area contributed by atoms with Crippen LogP contribution in [0.3, 0.4) is 0 Å². The Morgan fingerprint density at radius 1 is 1.22 bits per heavy atom. The number of rotatable bonds is 13. The van der Waals surface area contributed by atoms with E-state index in [1.165, 1.54) is 0 Å². The van der Waals surface area contributed by atoms with Crippen LogP contribution in [0, 0.1) is 0 Å². The summed E-state index contributed by atoms with van der Waals surface area (Å²) in [5.74, 6) is 0.0597. The van der Waals surface area contributed by atoms with Gasteiger partial charge in [-0.1, -0.05) is 20.8 Å². The molecule has 0 aliphatic rings. The number of ketones is 1. The molecule has 0 aromatic carbocycles. The molecule has 1 unspecified atom stereocenters. The summed E-state index contributed by atoms with van der Waals surface area (Å²) >= 11 is 0. The van der Waals surface area contributed by atoms with Gasteiger partial charge in [0, 0.05) is 20.0 Å². The minimum atomic E-state index is -0.221. The molecule has 4 N–H and O–H groups in total. The minimum absolute atomic E-state index is 0.00912. The van der Waals surface area contributed by atoms with Crippen LogP contribution in [0.2, 0.25) is 0 Å². The maximum atomic E-state index is 11.6. The monoisotopic (exact) mass is 328 g/mol. The first-order valence-electron chi connectivity index (χ1n) is 8.79. The Morgan fingerprint density at radius 3 is 2.48 bits per heavy atom. The van der Waals surface area contributed by atoms with Crippen molar-refractivity contribution in [3.63, 3.8) is 0 Å². The van der Waals surface area contributed by atoms with Crippen LogP contribution in [0.4, 0.5) is 0 Å². The van der Waals surface area contributed by atoms with E-state index >= 15 is 0 Å². The molecule has 6 nitrogen and oxygen atoms in total. The Morgan fingerprint density at radius 2 is 1.91 bits per heavy atom. The van der Waals surface area contributed by atoms with Gasteiger partial charge in [-0.15, -0.1) is 0 Å². The predicted molar refractivity (Wildman–Crippen MR) is 98.0 cm³/mol. The highest BCUT2D eigenvalue weighted by molar-refractivity contribution is 5.85. The lowest BCUT2D eigenvalue weighted by molar-refractivity contribution is -0.122. The second kappa shape index (κ2) is 18.8. The predicted octanol–water partition coefficient (Wildman–Crippen LogP) is 1.68. The molecule has 0 saturated carbocycles. The van der Waals surface area contributed by atoms with Crippen molar-refractivity contribution in [2.24, 2.45) is 10.7 Å². The van der Waals surface area contributed by atoms with Gasteiger partial charge in [0.2, 0.25) is 5.91 Å². The Hall–Kier alpha value is -1.27. The molecule has 6 heteroatoms. The highest BCUT2D eigenvalue weighted by atomic mass is 16.1. The molecule has 0 heterocycles. The zero-order valence-electron chi connectivity index (χ0n) is 15.4. The molecule has 0 aromatic rings. The number of unbranched alkanes of at least 4 members (excludes halogenated alkanes) is 2. The van der Waals surface area contributed by atoms with Gasteiger partial charge < -0.3 is 21.4 Å². The number of nitrogens with two attached hydrogens (primary N) is 1. The third-order valence-corrected chi connectivity index (χ3v) is 3.20. The van der Waals surface area contributed by atoms with E-state index in [0.717, 1.165) is 25.8 Å². The summed E-state index contributed by atoms with van der Waals surface area (Å²) in [5, 5.41) is 6.00. The standard InChI is InChI=1S/C15H30N4O2.C2H6/c1-3-18-13(14(20)12-16)8-7-9-15(21)19-11-6-4-5-10-17-2;1-2/h10,13,18H,3-9,11-12,16H2,1-2H3,(H,19,21);1-2H3. The number of hydrogen-bond acceptors (Lipinski definition) is 5. The average Bonchev–Trinajstić information content (AvgIpc) is 2.58. The van der Waals surface area contributed by atoms with Crippen molar-refractivity contribution in [1.29, 1.82) is 0 Å². The van der Waals surface area contributed by atoms with E-state index in [-0.39, 0.29) is 24.3 Å². The van der Waals surface area contributed by atoms with Crippen LogP contribution in [-0.2, 0) is 9.59 Å². The van der Waals surface area contributed by atoms with E-state index in [1.54, 1.807) is 7.05 Å². The van der Waals surface area contributed by atoms with Crippen LogP contribution in [0.25, 0.3) is 0 Å². The molecule has 136 valence electrons. The number of likely N-dealkylation sites (N-methyl/N-ethyl adjacent to an activating group) is 1. The second-order valence-electron chi connectivity index (χ2n) is 4.96. The lowest BCUT2D eigenvalue weighted by Gasteiger charge is -2.15. The van der Waals surface area contributed by atoms with Gasteiger partial charge >= 0.3 is 0 Å². The summed E-state index contributed by atoms with van der Waals surface area (Å²) in [4.78, 5) is 27.1. The highest BCUT2D eigenvalue weighted by Gasteiger charge is 2.15. The van der Waals surface area contributed by atoms with Crippen molar-refractivity contribution in [1.82, 2.24) is 10.6 Å². The lowest BCUT2D eigenvalue weighted by atomic mass is 10.0. The molecule has 23 heavy (non-hydrogen) atoms. The second-order valence-corrected chi connectivity index (χ2v) is 4.96. The first-order valence-corrected chi connectivity index (χ1v) is 8.79. The van der Waals surface area contributed by atoms with Crippen molar-refractivity contribution >= 4 is 17.9 Å². The number of Topliss-reactive ketones (excluding diaryl/α,β-unsaturated/α-hetero) is 1. The number of nitrogens with zero attached hydrogens (tertiary/aromatic N) is 1. The zero-order valence-corrected chi connectivity index (χ0v) is 15.4. The fraction of sp³-hybridized carbons (Fsp3) is 0.824. The number of aliphatic imine (C=N–C) groups is 1. The third-order valence-electron chi connectivity index (χ3n) is 3.20. The first-order chi connectivity index (χ1) is 11.2. The van der Waals surface area contributed by atoms with E-state index in [1.807, 2.05) is 27.0 Å². The summed E-state index contributed by atoms with van der Waals surface area (Å²) in [5.41, 5.74) is 5.37. The van der Waals surface area contributed by atoms with Gasteiger partial charge in [-0.25, -0.2) is 0 Å². The lowest BCUT2D eigenvalue weighted by Crippen LogP contribution is -2.40. The molecular weight excluding hydrogens is 292 g/mol. The number of hydrogen-bond donors (Lipinski definition) is 3. The van der Waals surface area contributed by atoms with Crippen molar-refractivity contribution in [2.45, 2.75) is 65.3 Å². The minimum Gasteiger partial charge on any atom is -0.356 e. The highest BCUT2D eigenvalue weighted by Crippen LogP contribution is 2.02. The van der Waals surface area contributed by atoms with E-state index in [4.69, 9.17) is 5.73 Å². The van der Waals surface area contributed by atoms with Crippen LogP contribution in [0.15, 0.2) is 4.99 Å². The van der Waals surface area contributed by atoms with Crippen LogP contribution in [0.5, 0.6) is 0 Å². The molecule has 0 radical (unpaired) electrons. The van der Waals surface area contributed by atoms with Gasteiger partial charge in [-0.05, 0) is 44.9 Å². The van der Waals surface area contributed by atoms with Crippen LogP contribution in [-0.4, -0.2) is 50.6 Å². The number of carbonyl (C=O) groups excluding carboxylic acids is 2. The quantitative estimate of drug-likeness (QED) is 0.354. The zero-order chi connectivity index (χ0) is 17.9. The summed E-state index contributed by atoms with van der Waals surface area (Å²) in [7, 11) is 1.76. The molecule has 0 aromatic heterocycles. The van der Waals surface area contributed by atoms with Gasteiger partial charge in [-0.3, -0.25) is 9.59 Å². The van der Waals surface area contributed by atoms with Gasteiger partial charge in [0.15, 0.2) is 5.78 Å². The van der Waals surface area contributed by atoms with Crippen LogP contribution >= 0.6 is 0 Å². The molecule has 0 aliphatic heterocycles. The van der Waals surface area contributed by atoms with Gasteiger partial charge in [0.1, 0.15) is 0 Å². The molecule has 0 spiro atoms. The largest absolute Gasteiger partial charge is 0.356 e. The normalized spacial score (nSPS) is 11.7. The molecule has 0 fully saturated rings. The summed E-state index contributed by atoms with van der Waals surface area (Å²) in [6.45, 7) is 7.43. The average molecular weight is 329 g/mol. The maximum Gasteiger partial charge on any atom is 0.219 e. The fourth-order valence-electron chi connectivity index (χ4n) is 2.04. The Kier molecular flexibility index (Phi) is 19.6. The van der Waals surface area contributed by atoms with E-state index in [2.05, 4.69) is 15.6 Å². The summed E-state index contributed by atoms with van der Waals surface area (Å²) in [6.07, 6.45) is 6.64. The summed E-state index contributed by atoms with van der Waals surface area (Å²) < 4.78 is 0. The van der Waals surface area contributed by atoms with Crippen LogP contribution in [0.1, 0.15) is 59.3 Å². The SMILES string of the molecule is CC.CCNC(CCCC(=O)NCCCCC=NC)C(=O)CN. The molecule has 1 amide bonds. The van der Waals surface area contributed by atoms with Crippen molar-refractivity contribution in [3.8, 4) is 0 Å². The Balaban J connectivity index is 0. The summed E-state index contributed by atoms with van der Waals surface area (Å²) in [6, 6.07) is -0.221. The number of amides is 1. The van der Waals surface area contributed by atoms with E-state index in [9.17, 15) is 9.59 Å². The van der Waals surface area contributed by atoms with E-state index < -0.39 is 0 Å². The third kappa shape index (κ3) is 15.4. The fourth-order valence-corrected chi connectivity index (χ4v) is 2.04. The molecule has 0 rings (SSSR count). The molecule has 0 aliphatic carbocycles. The van der Waals surface area contributed by atoms with Crippen LogP contribution < -0.4 is 16.4 Å². The molecule has 1 atom stereocenters. The Bertz CT molecular complexity index is 320. The van der Waals surface area contributed by atoms with Crippen molar-refractivity contribution in [3.05, 3.63) is 0 Å². The van der Waals surface area contributed by atoms with Crippen molar-refractivity contribution < 1.29 is 9.59 Å². The smallest absolute Gasteiger partial charge is 0.219 e. The molecule has 0 bridgehead atoms. The Labute approximate surface area is 141 Å².